The Morgan fingerprint density at radius 2 is 2.12 bits per heavy atom. The number of benzene rings is 1. The number of aryl methyl sites for hydroxylation is 1. The molecule has 0 bridgehead atoms. The van der Waals surface area contributed by atoms with Crippen molar-refractivity contribution in [2.24, 2.45) is 5.92 Å². The third-order valence-electron chi connectivity index (χ3n) is 2.62. The van der Waals surface area contributed by atoms with E-state index in [0.29, 0.717) is 5.92 Å². The lowest BCUT2D eigenvalue weighted by Gasteiger charge is -2.12. The van der Waals surface area contributed by atoms with Gasteiger partial charge < -0.3 is 4.74 Å². The lowest BCUT2D eigenvalue weighted by Crippen LogP contribution is -2.05. The molecule has 3 heteroatoms. The molecule has 90 valence electrons. The molecule has 0 amide bonds. The molecule has 1 atom stereocenters. The van der Waals surface area contributed by atoms with Gasteiger partial charge in [0, 0.05) is 10.4 Å². The van der Waals surface area contributed by atoms with Crippen LogP contribution in [0.15, 0.2) is 18.2 Å². The van der Waals surface area contributed by atoms with Crippen molar-refractivity contribution in [3.8, 4) is 5.75 Å². The van der Waals surface area contributed by atoms with E-state index in [9.17, 15) is 0 Å². The van der Waals surface area contributed by atoms with Crippen molar-refractivity contribution in [2.75, 3.05) is 11.9 Å². The summed E-state index contributed by atoms with van der Waals surface area (Å²) >= 11 is 9.37. The highest BCUT2D eigenvalue weighted by atomic mass is 79.9. The zero-order valence-corrected chi connectivity index (χ0v) is 12.1. The maximum Gasteiger partial charge on any atom is 0.123 e. The fourth-order valence-corrected chi connectivity index (χ4v) is 2.37. The second-order valence-electron chi connectivity index (χ2n) is 4.13. The van der Waals surface area contributed by atoms with E-state index in [2.05, 4.69) is 22.9 Å². The van der Waals surface area contributed by atoms with Gasteiger partial charge in [-0.15, -0.1) is 0 Å². The van der Waals surface area contributed by atoms with Gasteiger partial charge in [0.05, 0.1) is 6.61 Å². The van der Waals surface area contributed by atoms with Crippen LogP contribution in [0.2, 0.25) is 5.02 Å². The maximum absolute atomic E-state index is 5.92. The Bertz CT molecular complexity index is 328. The van der Waals surface area contributed by atoms with Gasteiger partial charge in [-0.2, -0.15) is 0 Å². The lowest BCUT2D eigenvalue weighted by molar-refractivity contribution is 0.281. The molecule has 0 aliphatic heterocycles. The Morgan fingerprint density at radius 3 is 2.81 bits per heavy atom. The van der Waals surface area contributed by atoms with Gasteiger partial charge >= 0.3 is 0 Å². The van der Waals surface area contributed by atoms with E-state index >= 15 is 0 Å². The van der Waals surface area contributed by atoms with Crippen molar-refractivity contribution >= 4 is 27.5 Å². The molecule has 0 aromatic heterocycles. The highest BCUT2D eigenvalue weighted by Gasteiger charge is 2.04. The number of hydrogen-bond acceptors (Lipinski definition) is 1. The Hall–Kier alpha value is -0.210. The molecule has 16 heavy (non-hydrogen) atoms. The first-order chi connectivity index (χ1) is 7.63. The summed E-state index contributed by atoms with van der Waals surface area (Å²) in [5.74, 6) is 1.59. The molecular formula is C13H18BrClO. The van der Waals surface area contributed by atoms with E-state index in [1.54, 1.807) is 0 Å². The fourth-order valence-electron chi connectivity index (χ4n) is 1.43. The quantitative estimate of drug-likeness (QED) is 0.683. The standard InChI is InChI=1S/C13H18BrClO/c1-10(5-7-14)6-8-16-13-9-12(15)4-3-11(13)2/h3-4,9-10H,5-8H2,1-2H3. The van der Waals surface area contributed by atoms with Gasteiger partial charge in [0.25, 0.3) is 0 Å². The van der Waals surface area contributed by atoms with Crippen molar-refractivity contribution in [3.63, 3.8) is 0 Å². The topological polar surface area (TPSA) is 9.23 Å². The van der Waals surface area contributed by atoms with E-state index in [1.165, 1.54) is 6.42 Å². The monoisotopic (exact) mass is 304 g/mol. The summed E-state index contributed by atoms with van der Waals surface area (Å²) in [6.45, 7) is 5.04. The van der Waals surface area contributed by atoms with Crippen molar-refractivity contribution in [1.82, 2.24) is 0 Å². The maximum atomic E-state index is 5.92. The van der Waals surface area contributed by atoms with Crippen molar-refractivity contribution < 1.29 is 4.74 Å². The smallest absolute Gasteiger partial charge is 0.123 e. The Labute approximate surface area is 111 Å². The molecule has 0 fully saturated rings. The Morgan fingerprint density at radius 1 is 1.38 bits per heavy atom. The number of hydrogen-bond donors (Lipinski definition) is 0. The number of rotatable bonds is 6. The SMILES string of the molecule is Cc1ccc(Cl)cc1OCCC(C)CCBr. The molecule has 0 aliphatic carbocycles. The van der Waals surface area contributed by atoms with Gasteiger partial charge in [0.1, 0.15) is 5.75 Å². The average molecular weight is 306 g/mol. The van der Waals surface area contributed by atoms with Gasteiger partial charge in [-0.1, -0.05) is 40.5 Å². The van der Waals surface area contributed by atoms with Crippen LogP contribution in [-0.2, 0) is 0 Å². The molecule has 0 spiro atoms. The fraction of sp³-hybridized carbons (Fsp3) is 0.538. The summed E-state index contributed by atoms with van der Waals surface area (Å²) in [7, 11) is 0. The first kappa shape index (κ1) is 13.9. The Balaban J connectivity index is 2.39. The summed E-state index contributed by atoms with van der Waals surface area (Å²) in [4.78, 5) is 0. The first-order valence-electron chi connectivity index (χ1n) is 5.58. The van der Waals surface area contributed by atoms with Crippen LogP contribution in [0.1, 0.15) is 25.3 Å². The molecule has 0 heterocycles. The molecule has 0 saturated heterocycles. The molecule has 1 rings (SSSR count). The highest BCUT2D eigenvalue weighted by Crippen LogP contribution is 2.23. The largest absolute Gasteiger partial charge is 0.493 e. The Kier molecular flexibility index (Phi) is 6.22. The van der Waals surface area contributed by atoms with Crippen LogP contribution in [0.4, 0.5) is 0 Å². The van der Waals surface area contributed by atoms with E-state index in [4.69, 9.17) is 16.3 Å². The van der Waals surface area contributed by atoms with Crippen molar-refractivity contribution in [1.29, 1.82) is 0 Å². The minimum Gasteiger partial charge on any atom is -0.493 e. The van der Waals surface area contributed by atoms with Crippen molar-refractivity contribution in [3.05, 3.63) is 28.8 Å². The normalized spacial score (nSPS) is 12.5. The van der Waals surface area contributed by atoms with E-state index in [0.717, 1.165) is 34.7 Å². The first-order valence-corrected chi connectivity index (χ1v) is 7.08. The zero-order valence-electron chi connectivity index (χ0n) is 9.80. The van der Waals surface area contributed by atoms with E-state index in [1.807, 2.05) is 25.1 Å². The molecule has 0 radical (unpaired) electrons. The second kappa shape index (κ2) is 7.18. The molecule has 1 aromatic carbocycles. The lowest BCUT2D eigenvalue weighted by atomic mass is 10.1. The van der Waals surface area contributed by atoms with Gasteiger partial charge in [0.15, 0.2) is 0 Å². The summed E-state index contributed by atoms with van der Waals surface area (Å²) in [5.41, 5.74) is 1.14. The molecule has 1 unspecified atom stereocenters. The molecule has 1 nitrogen and oxygen atoms in total. The predicted octanol–water partition coefficient (Wildman–Crippen LogP) is 4.84. The third-order valence-corrected chi connectivity index (χ3v) is 3.31. The van der Waals surface area contributed by atoms with Crippen LogP contribution in [0.3, 0.4) is 0 Å². The highest BCUT2D eigenvalue weighted by molar-refractivity contribution is 9.09. The summed E-state index contributed by atoms with van der Waals surface area (Å²) < 4.78 is 5.73. The van der Waals surface area contributed by atoms with Gasteiger partial charge in [-0.3, -0.25) is 0 Å². The molecule has 0 aliphatic rings. The second-order valence-corrected chi connectivity index (χ2v) is 5.36. The third kappa shape index (κ3) is 4.75. The number of halogens is 2. The average Bonchev–Trinajstić information content (AvgIpc) is 2.23. The van der Waals surface area contributed by atoms with Gasteiger partial charge in [-0.05, 0) is 43.4 Å². The van der Waals surface area contributed by atoms with E-state index < -0.39 is 0 Å². The van der Waals surface area contributed by atoms with Crippen LogP contribution in [0.5, 0.6) is 5.75 Å². The summed E-state index contributed by atoms with van der Waals surface area (Å²) in [5, 5.41) is 1.79. The predicted molar refractivity (Wildman–Crippen MR) is 73.9 cm³/mol. The summed E-state index contributed by atoms with van der Waals surface area (Å²) in [6, 6.07) is 5.75. The van der Waals surface area contributed by atoms with Gasteiger partial charge in [0.2, 0.25) is 0 Å². The van der Waals surface area contributed by atoms with Crippen LogP contribution >= 0.6 is 27.5 Å². The molecule has 0 saturated carbocycles. The minimum atomic E-state index is 0.693. The van der Waals surface area contributed by atoms with E-state index in [-0.39, 0.29) is 0 Å². The van der Waals surface area contributed by atoms with Crippen molar-refractivity contribution in [2.45, 2.75) is 26.7 Å². The minimum absolute atomic E-state index is 0.693. The number of ether oxygens (including phenoxy) is 1. The molecule has 1 aromatic rings. The molecule has 0 N–H and O–H groups in total. The van der Waals surface area contributed by atoms with Gasteiger partial charge in [-0.25, -0.2) is 0 Å². The van der Waals surface area contributed by atoms with Crippen LogP contribution in [0, 0.1) is 12.8 Å². The number of alkyl halides is 1. The summed E-state index contributed by atoms with van der Waals surface area (Å²) in [6.07, 6.45) is 2.27. The zero-order chi connectivity index (χ0) is 12.0. The molecular weight excluding hydrogens is 287 g/mol. The van der Waals surface area contributed by atoms with Crippen LogP contribution in [-0.4, -0.2) is 11.9 Å². The van der Waals surface area contributed by atoms with Crippen LogP contribution in [0.25, 0.3) is 0 Å². The van der Waals surface area contributed by atoms with Crippen LogP contribution < -0.4 is 4.74 Å².